The van der Waals surface area contributed by atoms with E-state index in [1.54, 1.807) is 6.20 Å². The van der Waals surface area contributed by atoms with Gasteiger partial charge in [-0.2, -0.15) is 0 Å². The smallest absolute Gasteiger partial charge is 0.253 e. The van der Waals surface area contributed by atoms with E-state index in [1.165, 1.54) is 22.1 Å². The van der Waals surface area contributed by atoms with Gasteiger partial charge in [0.2, 0.25) is 0 Å². The van der Waals surface area contributed by atoms with Crippen LogP contribution in [0.3, 0.4) is 0 Å². The van der Waals surface area contributed by atoms with Gasteiger partial charge in [0.25, 0.3) is 5.91 Å². The zero-order chi connectivity index (χ0) is 25.5. The molecule has 0 saturated heterocycles. The minimum absolute atomic E-state index is 0.0358. The van der Waals surface area contributed by atoms with E-state index < -0.39 is 0 Å². The van der Waals surface area contributed by atoms with Crippen LogP contribution in [0, 0.1) is 5.92 Å². The molecule has 1 heterocycles. The number of nitrogens with one attached hydrogen (secondary N) is 1. The molecule has 0 radical (unpaired) electrons. The van der Waals surface area contributed by atoms with E-state index in [4.69, 9.17) is 0 Å². The zero-order valence-electron chi connectivity index (χ0n) is 21.0. The van der Waals surface area contributed by atoms with E-state index in [0.29, 0.717) is 12.1 Å². The summed E-state index contributed by atoms with van der Waals surface area (Å²) in [5, 5.41) is 5.36. The quantitative estimate of drug-likeness (QED) is 0.233. The summed E-state index contributed by atoms with van der Waals surface area (Å²) in [7, 11) is 0. The van der Waals surface area contributed by atoms with Gasteiger partial charge in [0.1, 0.15) is 6.29 Å². The molecule has 37 heavy (non-hydrogen) atoms. The topological polar surface area (TPSA) is 59.1 Å². The van der Waals surface area contributed by atoms with Gasteiger partial charge in [0.15, 0.2) is 0 Å². The van der Waals surface area contributed by atoms with Crippen molar-refractivity contribution in [2.45, 2.75) is 45.1 Å². The minimum atomic E-state index is -0.123. The maximum Gasteiger partial charge on any atom is 0.253 e. The van der Waals surface area contributed by atoms with Gasteiger partial charge in [-0.15, -0.1) is 0 Å². The Morgan fingerprint density at radius 1 is 0.919 bits per heavy atom. The average molecular weight is 489 g/mol. The van der Waals surface area contributed by atoms with Crippen LogP contribution < -0.4 is 5.32 Å². The molecule has 0 bridgehead atoms. The fourth-order valence-electron chi connectivity index (χ4n) is 4.96. The third-order valence-electron chi connectivity index (χ3n) is 7.12. The van der Waals surface area contributed by atoms with E-state index in [2.05, 4.69) is 40.6 Å². The maximum atomic E-state index is 12.8. The van der Waals surface area contributed by atoms with E-state index in [0.717, 1.165) is 61.5 Å². The van der Waals surface area contributed by atoms with E-state index in [-0.39, 0.29) is 11.8 Å². The summed E-state index contributed by atoms with van der Waals surface area (Å²) in [5.41, 5.74) is 6.55. The molecule has 4 aromatic rings. The van der Waals surface area contributed by atoms with Gasteiger partial charge >= 0.3 is 0 Å². The molecule has 1 N–H and O–H groups in total. The van der Waals surface area contributed by atoms with Crippen LogP contribution in [0.4, 0.5) is 0 Å². The normalized spacial score (nSPS) is 13.2. The van der Waals surface area contributed by atoms with Crippen molar-refractivity contribution in [2.75, 3.05) is 0 Å². The summed E-state index contributed by atoms with van der Waals surface area (Å²) in [4.78, 5) is 29.1. The number of carbonyl (C=O) groups excluding carboxylic acids is 2. The molecule has 1 atom stereocenters. The number of aldehydes is 1. The van der Waals surface area contributed by atoms with Crippen molar-refractivity contribution in [3.63, 3.8) is 0 Å². The summed E-state index contributed by atoms with van der Waals surface area (Å²) >= 11 is 0. The average Bonchev–Trinajstić information content (AvgIpc) is 3.79. The van der Waals surface area contributed by atoms with Crippen LogP contribution in [0.1, 0.15) is 59.3 Å². The predicted molar refractivity (Wildman–Crippen MR) is 149 cm³/mol. The Kier molecular flexibility index (Phi) is 7.85. The number of nitrogens with zero attached hydrogens (tertiary/aromatic N) is 1. The van der Waals surface area contributed by atoms with Crippen molar-refractivity contribution < 1.29 is 9.59 Å². The van der Waals surface area contributed by atoms with Crippen molar-refractivity contribution in [1.29, 1.82) is 0 Å². The molecular weight excluding hydrogens is 456 g/mol. The molecule has 1 aliphatic carbocycles. The van der Waals surface area contributed by atoms with E-state index in [1.807, 2.05) is 54.6 Å². The van der Waals surface area contributed by atoms with Gasteiger partial charge < -0.3 is 10.1 Å². The molecule has 5 rings (SSSR count). The van der Waals surface area contributed by atoms with E-state index in [9.17, 15) is 9.59 Å². The van der Waals surface area contributed by atoms with Crippen LogP contribution in [-0.4, -0.2) is 17.2 Å². The predicted octanol–water partition coefficient (Wildman–Crippen LogP) is 6.94. The lowest BCUT2D eigenvalue weighted by molar-refractivity contribution is -0.111. The number of benzene rings is 3. The lowest BCUT2D eigenvalue weighted by Crippen LogP contribution is -2.23. The number of hydrogen-bond acceptors (Lipinski definition) is 3. The summed E-state index contributed by atoms with van der Waals surface area (Å²) in [6.07, 6.45) is 8.52. The molecule has 1 aliphatic rings. The first-order valence-electron chi connectivity index (χ1n) is 13.1. The molecule has 186 valence electrons. The molecule has 4 heteroatoms. The standard InChI is InChI=1S/C33H32N2O2/c36-23-25(20-24-8-2-1-3-9-24)10-6-15-31(27-16-17-27)32-19-18-29(22-34-32)33(37)35-21-28-13-7-12-26-11-4-5-14-30(26)28/h1-5,7-9,11-14,18-19,22-23,25H,6,10,15-17,20-21H2,(H,35,37)/t25-/m0/s1. The number of amides is 1. The van der Waals surface area contributed by atoms with Crippen LogP contribution in [0.5, 0.6) is 0 Å². The lowest BCUT2D eigenvalue weighted by Gasteiger charge is -2.12. The molecule has 4 nitrogen and oxygen atoms in total. The van der Waals surface area contributed by atoms with Gasteiger partial charge in [0.05, 0.1) is 11.3 Å². The SMILES string of the molecule is O=C[C@@H](CCCC(=C1CC1)c1ccc(C(=O)NCc2cccc3ccccc23)cn1)Cc1ccccc1. The highest BCUT2D eigenvalue weighted by Crippen LogP contribution is 2.38. The number of aromatic nitrogens is 1. The Morgan fingerprint density at radius 3 is 2.46 bits per heavy atom. The first kappa shape index (κ1) is 24.6. The Bertz CT molecular complexity index is 1400. The third kappa shape index (κ3) is 6.39. The number of rotatable bonds is 11. The molecule has 0 unspecified atom stereocenters. The Morgan fingerprint density at radius 2 is 1.70 bits per heavy atom. The fraction of sp³-hybridized carbons (Fsp3) is 0.242. The maximum absolute atomic E-state index is 12.8. The van der Waals surface area contributed by atoms with Gasteiger partial charge in [-0.05, 0) is 78.1 Å². The highest BCUT2D eigenvalue weighted by atomic mass is 16.1. The molecular formula is C33H32N2O2. The Balaban J connectivity index is 1.17. The van der Waals surface area contributed by atoms with Crippen molar-refractivity contribution in [1.82, 2.24) is 10.3 Å². The minimum Gasteiger partial charge on any atom is -0.348 e. The largest absolute Gasteiger partial charge is 0.348 e. The van der Waals surface area contributed by atoms with Crippen molar-refractivity contribution in [3.05, 3.63) is 119 Å². The van der Waals surface area contributed by atoms with Crippen LogP contribution in [0.15, 0.2) is 96.7 Å². The van der Waals surface area contributed by atoms with Crippen molar-refractivity contribution in [3.8, 4) is 0 Å². The molecule has 1 aromatic heterocycles. The molecule has 0 spiro atoms. The second-order valence-corrected chi connectivity index (χ2v) is 9.81. The summed E-state index contributed by atoms with van der Waals surface area (Å²) < 4.78 is 0. The van der Waals surface area contributed by atoms with Crippen molar-refractivity contribution >= 4 is 28.5 Å². The molecule has 1 fully saturated rings. The van der Waals surface area contributed by atoms with Gasteiger partial charge in [-0.1, -0.05) is 78.4 Å². The number of hydrogen-bond donors (Lipinski definition) is 1. The monoisotopic (exact) mass is 488 g/mol. The number of carbonyl (C=O) groups is 2. The zero-order valence-corrected chi connectivity index (χ0v) is 21.0. The second-order valence-electron chi connectivity index (χ2n) is 9.81. The summed E-state index contributed by atoms with van der Waals surface area (Å²) in [6, 6.07) is 28.4. The summed E-state index contributed by atoms with van der Waals surface area (Å²) in [5.74, 6) is -0.0871. The number of allylic oxidation sites excluding steroid dienone is 2. The fourth-order valence-corrected chi connectivity index (χ4v) is 4.96. The van der Waals surface area contributed by atoms with Crippen LogP contribution in [0.2, 0.25) is 0 Å². The van der Waals surface area contributed by atoms with Crippen LogP contribution >= 0.6 is 0 Å². The number of fused-ring (bicyclic) bond motifs is 1. The first-order valence-corrected chi connectivity index (χ1v) is 13.1. The molecule has 1 amide bonds. The first-order chi connectivity index (χ1) is 18.2. The molecule has 0 aliphatic heterocycles. The molecule has 1 saturated carbocycles. The molecule has 3 aromatic carbocycles. The lowest BCUT2D eigenvalue weighted by atomic mass is 9.93. The van der Waals surface area contributed by atoms with Gasteiger partial charge in [0, 0.05) is 18.7 Å². The Hall–Kier alpha value is -4.05. The van der Waals surface area contributed by atoms with Gasteiger partial charge in [-0.3, -0.25) is 9.78 Å². The highest BCUT2D eigenvalue weighted by Gasteiger charge is 2.20. The Labute approximate surface area is 218 Å². The van der Waals surface area contributed by atoms with Gasteiger partial charge in [-0.25, -0.2) is 0 Å². The van der Waals surface area contributed by atoms with Crippen LogP contribution in [0.25, 0.3) is 16.3 Å². The van der Waals surface area contributed by atoms with Crippen molar-refractivity contribution in [2.24, 2.45) is 5.92 Å². The third-order valence-corrected chi connectivity index (χ3v) is 7.12. The second kappa shape index (κ2) is 11.8. The highest BCUT2D eigenvalue weighted by molar-refractivity contribution is 5.94. The summed E-state index contributed by atoms with van der Waals surface area (Å²) in [6.45, 7) is 0.470. The van der Waals surface area contributed by atoms with E-state index >= 15 is 0 Å². The number of pyridine rings is 1. The van der Waals surface area contributed by atoms with Crippen LogP contribution in [-0.2, 0) is 17.8 Å².